The summed E-state index contributed by atoms with van der Waals surface area (Å²) < 4.78 is 0. The fraction of sp³-hybridized carbons (Fsp3) is 0.292. The summed E-state index contributed by atoms with van der Waals surface area (Å²) in [5, 5.41) is 2.96. The molecule has 2 aromatic carbocycles. The Morgan fingerprint density at radius 1 is 0.926 bits per heavy atom. The molecule has 4 rings (SSSR count). The van der Waals surface area contributed by atoms with Crippen molar-refractivity contribution in [3.8, 4) is 0 Å². The third-order valence-corrected chi connectivity index (χ3v) is 8.19. The lowest BCUT2D eigenvalue weighted by Crippen LogP contribution is -2.36. The predicted molar refractivity (Wildman–Crippen MR) is 116 cm³/mol. The molecular weight excluding hydrogens is 347 g/mol. The van der Waals surface area contributed by atoms with Crippen molar-refractivity contribution in [3.63, 3.8) is 0 Å². The number of aromatic nitrogens is 1. The second-order valence-corrected chi connectivity index (χ2v) is 9.50. The molecule has 27 heavy (non-hydrogen) atoms. The highest BCUT2D eigenvalue weighted by Gasteiger charge is 2.32. The molecule has 0 bridgehead atoms. The fourth-order valence-electron chi connectivity index (χ4n) is 4.14. The summed E-state index contributed by atoms with van der Waals surface area (Å²) in [5.41, 5.74) is 1.19. The Hall–Kier alpha value is -2.02. The minimum atomic E-state index is -0.344. The molecule has 3 aromatic rings. The van der Waals surface area contributed by atoms with Crippen molar-refractivity contribution >= 4 is 18.5 Å². The fourth-order valence-corrected chi connectivity index (χ4v) is 6.74. The van der Waals surface area contributed by atoms with Crippen LogP contribution in [0, 0.1) is 0 Å². The van der Waals surface area contributed by atoms with Crippen LogP contribution < -0.4 is 10.6 Å². The lowest BCUT2D eigenvalue weighted by Gasteiger charge is -2.33. The van der Waals surface area contributed by atoms with Gasteiger partial charge in [0.1, 0.15) is 0 Å². The van der Waals surface area contributed by atoms with Gasteiger partial charge in [0, 0.05) is 18.3 Å². The molecule has 2 atom stereocenters. The van der Waals surface area contributed by atoms with Crippen LogP contribution in [-0.2, 0) is 0 Å². The number of hydrogen-bond acceptors (Lipinski definition) is 2. The van der Waals surface area contributed by atoms with Gasteiger partial charge in [-0.3, -0.25) is 9.88 Å². The van der Waals surface area contributed by atoms with Crippen LogP contribution in [0.5, 0.6) is 0 Å². The third kappa shape index (κ3) is 4.29. The highest BCUT2D eigenvalue weighted by atomic mass is 31.1. The van der Waals surface area contributed by atoms with E-state index >= 15 is 0 Å². The largest absolute Gasteiger partial charge is 0.292 e. The molecule has 1 aromatic heterocycles. The molecule has 1 aliphatic heterocycles. The lowest BCUT2D eigenvalue weighted by molar-refractivity contribution is 0.203. The van der Waals surface area contributed by atoms with Crippen molar-refractivity contribution in [3.05, 3.63) is 90.8 Å². The summed E-state index contributed by atoms with van der Waals surface area (Å²) in [6.07, 6.45) is 5.71. The summed E-state index contributed by atoms with van der Waals surface area (Å²) in [6, 6.07) is 29.4. The standard InChI is InChI=1S/C24H27N2P/c1-20(24-16-8-9-17-25-24)26-18-10-11-21(26)19-27(22-12-4-2-5-13-22)23-14-6-3-7-15-23/h2-9,12-17,20-21H,10-11,18-19H2,1H3/t20-,21-/m0/s1. The van der Waals surface area contributed by atoms with Crippen LogP contribution in [0.4, 0.5) is 0 Å². The second-order valence-electron chi connectivity index (χ2n) is 7.25. The zero-order valence-corrected chi connectivity index (χ0v) is 16.8. The molecular formula is C24H27N2P. The molecule has 3 heteroatoms. The number of rotatable bonds is 6. The Bertz CT molecular complexity index is 783. The second kappa shape index (κ2) is 8.78. The van der Waals surface area contributed by atoms with E-state index in [2.05, 4.69) is 89.6 Å². The Kier molecular flexibility index (Phi) is 5.97. The molecule has 2 heterocycles. The Labute approximate surface area is 164 Å². The van der Waals surface area contributed by atoms with Gasteiger partial charge in [-0.25, -0.2) is 0 Å². The number of nitrogens with zero attached hydrogens (tertiary/aromatic N) is 2. The molecule has 0 amide bonds. The van der Waals surface area contributed by atoms with Gasteiger partial charge in [-0.2, -0.15) is 0 Å². The van der Waals surface area contributed by atoms with Crippen LogP contribution in [-0.4, -0.2) is 28.6 Å². The average Bonchev–Trinajstić information content (AvgIpc) is 3.21. The minimum absolute atomic E-state index is 0.344. The highest BCUT2D eigenvalue weighted by molar-refractivity contribution is 7.73. The number of benzene rings is 2. The van der Waals surface area contributed by atoms with Gasteiger partial charge in [-0.1, -0.05) is 66.7 Å². The molecule has 1 saturated heterocycles. The van der Waals surface area contributed by atoms with Crippen LogP contribution in [0.1, 0.15) is 31.5 Å². The molecule has 1 fully saturated rings. The van der Waals surface area contributed by atoms with Crippen molar-refractivity contribution in [2.24, 2.45) is 0 Å². The summed E-state index contributed by atoms with van der Waals surface area (Å²) in [7, 11) is -0.344. The normalized spacial score (nSPS) is 18.7. The zero-order chi connectivity index (χ0) is 18.5. The molecule has 0 saturated carbocycles. The van der Waals surface area contributed by atoms with Crippen LogP contribution in [0.2, 0.25) is 0 Å². The molecule has 0 radical (unpaired) electrons. The van der Waals surface area contributed by atoms with Crippen LogP contribution in [0.3, 0.4) is 0 Å². The Balaban J connectivity index is 1.59. The molecule has 1 aliphatic rings. The lowest BCUT2D eigenvalue weighted by atomic mass is 10.1. The van der Waals surface area contributed by atoms with Gasteiger partial charge in [0.15, 0.2) is 0 Å². The van der Waals surface area contributed by atoms with Gasteiger partial charge in [-0.05, 0) is 63.1 Å². The maximum Gasteiger partial charge on any atom is 0.0572 e. The molecule has 0 unspecified atom stereocenters. The Morgan fingerprint density at radius 3 is 2.15 bits per heavy atom. The minimum Gasteiger partial charge on any atom is -0.292 e. The first-order valence-electron chi connectivity index (χ1n) is 9.87. The number of likely N-dealkylation sites (tertiary alicyclic amines) is 1. The van der Waals surface area contributed by atoms with Crippen LogP contribution >= 0.6 is 7.92 Å². The maximum atomic E-state index is 4.62. The highest BCUT2D eigenvalue weighted by Crippen LogP contribution is 2.39. The first-order chi connectivity index (χ1) is 13.3. The molecule has 0 aliphatic carbocycles. The van der Waals surface area contributed by atoms with E-state index in [1.807, 2.05) is 12.3 Å². The van der Waals surface area contributed by atoms with Crippen LogP contribution in [0.15, 0.2) is 85.1 Å². The first kappa shape index (κ1) is 18.3. The molecule has 0 spiro atoms. The molecule has 138 valence electrons. The van der Waals surface area contributed by atoms with E-state index in [-0.39, 0.29) is 7.92 Å². The predicted octanol–water partition coefficient (Wildman–Crippen LogP) is 4.74. The smallest absolute Gasteiger partial charge is 0.0572 e. The van der Waals surface area contributed by atoms with Crippen molar-refractivity contribution in [2.45, 2.75) is 31.8 Å². The van der Waals surface area contributed by atoms with E-state index < -0.39 is 0 Å². The zero-order valence-electron chi connectivity index (χ0n) is 15.9. The van der Waals surface area contributed by atoms with Gasteiger partial charge in [0.05, 0.1) is 5.69 Å². The van der Waals surface area contributed by atoms with Crippen molar-refractivity contribution in [1.29, 1.82) is 0 Å². The van der Waals surface area contributed by atoms with Crippen molar-refractivity contribution in [1.82, 2.24) is 9.88 Å². The first-order valence-corrected chi connectivity index (χ1v) is 11.4. The van der Waals surface area contributed by atoms with E-state index in [0.29, 0.717) is 12.1 Å². The SMILES string of the molecule is C[C@@H](c1ccccn1)N1CCC[C@H]1CP(c1ccccc1)c1ccccc1. The topological polar surface area (TPSA) is 16.1 Å². The summed E-state index contributed by atoms with van der Waals surface area (Å²) in [5.74, 6) is 0. The summed E-state index contributed by atoms with van der Waals surface area (Å²) in [6.45, 7) is 3.49. The van der Waals surface area contributed by atoms with Crippen molar-refractivity contribution in [2.75, 3.05) is 12.7 Å². The van der Waals surface area contributed by atoms with Gasteiger partial charge in [-0.15, -0.1) is 0 Å². The quantitative estimate of drug-likeness (QED) is 0.580. The van der Waals surface area contributed by atoms with Gasteiger partial charge in [0.2, 0.25) is 0 Å². The number of pyridine rings is 1. The van der Waals surface area contributed by atoms with E-state index in [1.54, 1.807) is 0 Å². The van der Waals surface area contributed by atoms with Gasteiger partial charge in [0.25, 0.3) is 0 Å². The van der Waals surface area contributed by atoms with E-state index in [4.69, 9.17) is 0 Å². The molecule has 0 N–H and O–H groups in total. The monoisotopic (exact) mass is 374 g/mol. The summed E-state index contributed by atoms with van der Waals surface area (Å²) in [4.78, 5) is 7.30. The van der Waals surface area contributed by atoms with Gasteiger partial charge < -0.3 is 0 Å². The summed E-state index contributed by atoms with van der Waals surface area (Å²) >= 11 is 0. The van der Waals surface area contributed by atoms with E-state index in [0.717, 1.165) is 0 Å². The van der Waals surface area contributed by atoms with Gasteiger partial charge >= 0.3 is 0 Å². The van der Waals surface area contributed by atoms with Crippen molar-refractivity contribution < 1.29 is 0 Å². The third-order valence-electron chi connectivity index (χ3n) is 5.57. The van der Waals surface area contributed by atoms with E-state index in [9.17, 15) is 0 Å². The van der Waals surface area contributed by atoms with E-state index in [1.165, 1.54) is 41.9 Å². The average molecular weight is 374 g/mol. The number of hydrogen-bond donors (Lipinski definition) is 0. The molecule has 2 nitrogen and oxygen atoms in total. The maximum absolute atomic E-state index is 4.62. The Morgan fingerprint density at radius 2 is 1.56 bits per heavy atom. The van der Waals surface area contributed by atoms with Crippen LogP contribution in [0.25, 0.3) is 0 Å².